The van der Waals surface area contributed by atoms with E-state index in [9.17, 15) is 13.2 Å². The van der Waals surface area contributed by atoms with E-state index < -0.39 is 12.6 Å². The van der Waals surface area contributed by atoms with Gasteiger partial charge in [0.25, 0.3) is 0 Å². The van der Waals surface area contributed by atoms with Crippen molar-refractivity contribution in [2.45, 2.75) is 19.0 Å². The summed E-state index contributed by atoms with van der Waals surface area (Å²) in [5.41, 5.74) is 0.790. The average Bonchev–Trinajstić information content (AvgIpc) is 2.43. The minimum absolute atomic E-state index is 0.0220. The lowest BCUT2D eigenvalue weighted by molar-refractivity contribution is -0.134. The van der Waals surface area contributed by atoms with Crippen molar-refractivity contribution < 1.29 is 13.2 Å². The van der Waals surface area contributed by atoms with Crippen LogP contribution in [0.25, 0.3) is 11.4 Å². The van der Waals surface area contributed by atoms with Crippen molar-refractivity contribution in [3.63, 3.8) is 0 Å². The summed E-state index contributed by atoms with van der Waals surface area (Å²) in [7, 11) is 0. The van der Waals surface area contributed by atoms with Crippen LogP contribution in [0.2, 0.25) is 5.15 Å². The smallest absolute Gasteiger partial charge is 0.370 e. The molecule has 0 saturated carbocycles. The van der Waals surface area contributed by atoms with Crippen molar-refractivity contribution in [2.24, 2.45) is 0 Å². The molecule has 0 aliphatic heterocycles. The van der Waals surface area contributed by atoms with E-state index in [0.29, 0.717) is 11.6 Å². The Labute approximate surface area is 125 Å². The molecular weight excluding hydrogens is 303 g/mol. The molecule has 0 saturated heterocycles. The van der Waals surface area contributed by atoms with Gasteiger partial charge in [-0.3, -0.25) is 0 Å². The van der Waals surface area contributed by atoms with Crippen LogP contribution >= 0.6 is 11.6 Å². The fraction of sp³-hybridized carbons (Fsp3) is 0.286. The van der Waals surface area contributed by atoms with E-state index in [2.05, 4.69) is 15.3 Å². The second-order valence-electron chi connectivity index (χ2n) is 4.41. The molecule has 1 N–H and O–H groups in total. The second-order valence-corrected chi connectivity index (χ2v) is 4.80. The minimum Gasteiger partial charge on any atom is -0.370 e. The molecule has 1 aromatic heterocycles. The molecule has 0 fully saturated rings. The predicted octanol–water partition coefficient (Wildman–Crippen LogP) is 4.55. The van der Waals surface area contributed by atoms with Gasteiger partial charge in [0.1, 0.15) is 11.0 Å². The van der Waals surface area contributed by atoms with Crippen molar-refractivity contribution in [2.75, 3.05) is 11.9 Å². The highest BCUT2D eigenvalue weighted by Crippen LogP contribution is 2.22. The van der Waals surface area contributed by atoms with Crippen LogP contribution < -0.4 is 5.32 Å². The summed E-state index contributed by atoms with van der Waals surface area (Å²) in [5.74, 6) is 0.845. The number of alkyl halides is 3. The minimum atomic E-state index is -4.14. The van der Waals surface area contributed by atoms with Crippen molar-refractivity contribution in [1.29, 1.82) is 0 Å². The van der Waals surface area contributed by atoms with Gasteiger partial charge >= 0.3 is 6.18 Å². The first-order valence-corrected chi connectivity index (χ1v) is 6.72. The van der Waals surface area contributed by atoms with Gasteiger partial charge in [0, 0.05) is 24.6 Å². The number of nitrogens with one attached hydrogen (secondary N) is 1. The van der Waals surface area contributed by atoms with Crippen LogP contribution in [0.3, 0.4) is 0 Å². The summed E-state index contributed by atoms with van der Waals surface area (Å²) >= 11 is 5.91. The molecule has 0 aliphatic carbocycles. The molecule has 1 aromatic carbocycles. The van der Waals surface area contributed by atoms with Crippen molar-refractivity contribution in [3.05, 3.63) is 41.6 Å². The summed E-state index contributed by atoms with van der Waals surface area (Å²) < 4.78 is 36.2. The summed E-state index contributed by atoms with van der Waals surface area (Å²) in [6.45, 7) is 0.168. The molecule has 0 unspecified atom stereocenters. The number of anilines is 1. The second kappa shape index (κ2) is 6.76. The fourth-order valence-corrected chi connectivity index (χ4v) is 1.91. The topological polar surface area (TPSA) is 37.8 Å². The van der Waals surface area contributed by atoms with Gasteiger partial charge in [-0.25, -0.2) is 9.97 Å². The lowest BCUT2D eigenvalue weighted by Crippen LogP contribution is -2.11. The Balaban J connectivity index is 2.03. The molecule has 0 spiro atoms. The third kappa shape index (κ3) is 5.23. The van der Waals surface area contributed by atoms with Crippen molar-refractivity contribution in [3.8, 4) is 11.4 Å². The Morgan fingerprint density at radius 1 is 1.10 bits per heavy atom. The average molecular weight is 316 g/mol. The first-order valence-electron chi connectivity index (χ1n) is 6.35. The molecule has 0 amide bonds. The Morgan fingerprint density at radius 3 is 2.48 bits per heavy atom. The Kier molecular flexibility index (Phi) is 5.01. The van der Waals surface area contributed by atoms with E-state index in [-0.39, 0.29) is 18.1 Å². The molecule has 3 nitrogen and oxygen atoms in total. The fourth-order valence-electron chi connectivity index (χ4n) is 1.73. The summed E-state index contributed by atoms with van der Waals surface area (Å²) in [6, 6.07) is 10.7. The van der Waals surface area contributed by atoms with Crippen LogP contribution in [-0.4, -0.2) is 22.7 Å². The van der Waals surface area contributed by atoms with Crippen LogP contribution in [0.15, 0.2) is 36.4 Å². The summed E-state index contributed by atoms with van der Waals surface area (Å²) in [6.07, 6.45) is -4.99. The van der Waals surface area contributed by atoms with E-state index in [1.165, 1.54) is 6.07 Å². The Bertz CT molecular complexity index is 588. The van der Waals surface area contributed by atoms with E-state index >= 15 is 0 Å². The molecule has 21 heavy (non-hydrogen) atoms. The standard InChI is InChI=1S/C14H13ClF3N3/c15-11-9-12(19-8-4-7-14(16,17)18)21-13(20-11)10-5-2-1-3-6-10/h1-3,5-6,9H,4,7-8H2,(H,19,20,21). The maximum Gasteiger partial charge on any atom is 0.389 e. The van der Waals surface area contributed by atoms with E-state index in [4.69, 9.17) is 11.6 Å². The number of halogens is 4. The molecule has 0 radical (unpaired) electrons. The number of hydrogen-bond acceptors (Lipinski definition) is 3. The Hall–Kier alpha value is -1.82. The molecular formula is C14H13ClF3N3. The van der Waals surface area contributed by atoms with Crippen molar-refractivity contribution >= 4 is 17.4 Å². The first-order chi connectivity index (χ1) is 9.94. The van der Waals surface area contributed by atoms with Crippen LogP contribution in [0.1, 0.15) is 12.8 Å². The molecule has 1 heterocycles. The molecule has 7 heteroatoms. The predicted molar refractivity (Wildman–Crippen MR) is 76.3 cm³/mol. The largest absolute Gasteiger partial charge is 0.389 e. The van der Waals surface area contributed by atoms with Gasteiger partial charge in [-0.15, -0.1) is 0 Å². The first kappa shape index (κ1) is 15.6. The lowest BCUT2D eigenvalue weighted by atomic mass is 10.2. The number of nitrogens with zero attached hydrogens (tertiary/aromatic N) is 2. The van der Waals surface area contributed by atoms with Crippen LogP contribution in [-0.2, 0) is 0 Å². The number of benzene rings is 1. The van der Waals surface area contributed by atoms with E-state index in [0.717, 1.165) is 5.56 Å². The molecule has 0 aliphatic rings. The van der Waals surface area contributed by atoms with Gasteiger partial charge < -0.3 is 5.32 Å². The Morgan fingerprint density at radius 2 is 1.81 bits per heavy atom. The maximum absolute atomic E-state index is 12.1. The normalized spacial score (nSPS) is 11.4. The van der Waals surface area contributed by atoms with Crippen LogP contribution in [0.5, 0.6) is 0 Å². The molecule has 2 aromatic rings. The van der Waals surface area contributed by atoms with Gasteiger partial charge in [-0.05, 0) is 6.42 Å². The van der Waals surface area contributed by atoms with Gasteiger partial charge in [-0.2, -0.15) is 13.2 Å². The third-order valence-electron chi connectivity index (χ3n) is 2.67. The molecule has 2 rings (SSSR count). The number of hydrogen-bond donors (Lipinski definition) is 1. The summed E-state index contributed by atoms with van der Waals surface area (Å²) in [5, 5.41) is 3.07. The van der Waals surface area contributed by atoms with Gasteiger partial charge in [0.15, 0.2) is 5.82 Å². The number of rotatable bonds is 5. The highest BCUT2D eigenvalue weighted by molar-refractivity contribution is 6.29. The van der Waals surface area contributed by atoms with Crippen molar-refractivity contribution in [1.82, 2.24) is 9.97 Å². The van der Waals surface area contributed by atoms with Gasteiger partial charge in [-0.1, -0.05) is 41.9 Å². The van der Waals surface area contributed by atoms with Crippen LogP contribution in [0.4, 0.5) is 19.0 Å². The monoisotopic (exact) mass is 315 g/mol. The quantitative estimate of drug-likeness (QED) is 0.649. The maximum atomic E-state index is 12.1. The zero-order valence-electron chi connectivity index (χ0n) is 11.0. The molecule has 0 bridgehead atoms. The zero-order chi connectivity index (χ0) is 15.3. The van der Waals surface area contributed by atoms with Gasteiger partial charge in [0.05, 0.1) is 0 Å². The highest BCUT2D eigenvalue weighted by atomic mass is 35.5. The number of aromatic nitrogens is 2. The van der Waals surface area contributed by atoms with Gasteiger partial charge in [0.2, 0.25) is 0 Å². The highest BCUT2D eigenvalue weighted by Gasteiger charge is 2.25. The van der Waals surface area contributed by atoms with Crippen LogP contribution in [0, 0.1) is 0 Å². The molecule has 0 atom stereocenters. The SMILES string of the molecule is FC(F)(F)CCCNc1cc(Cl)nc(-c2ccccc2)n1. The van der Waals surface area contributed by atoms with E-state index in [1.807, 2.05) is 30.3 Å². The third-order valence-corrected chi connectivity index (χ3v) is 2.86. The zero-order valence-corrected chi connectivity index (χ0v) is 11.7. The van der Waals surface area contributed by atoms with E-state index in [1.54, 1.807) is 0 Å². The lowest BCUT2D eigenvalue weighted by Gasteiger charge is -2.09. The summed E-state index contributed by atoms with van der Waals surface area (Å²) in [4.78, 5) is 8.36. The molecule has 112 valence electrons.